The van der Waals surface area contributed by atoms with Gasteiger partial charge in [-0.2, -0.15) is 4.98 Å². The number of ether oxygens (including phenoxy) is 1. The maximum atomic E-state index is 6.01. The zero-order valence-corrected chi connectivity index (χ0v) is 13.3. The van der Waals surface area contributed by atoms with Crippen LogP contribution in [0.2, 0.25) is 5.02 Å². The van der Waals surface area contributed by atoms with Crippen molar-refractivity contribution in [2.24, 2.45) is 0 Å². The van der Waals surface area contributed by atoms with Crippen molar-refractivity contribution in [2.75, 3.05) is 0 Å². The van der Waals surface area contributed by atoms with Gasteiger partial charge >= 0.3 is 0 Å². The van der Waals surface area contributed by atoms with E-state index >= 15 is 0 Å². The van der Waals surface area contributed by atoms with Crippen LogP contribution in [-0.2, 0) is 6.42 Å². The van der Waals surface area contributed by atoms with Crippen LogP contribution < -0.4 is 4.74 Å². The normalized spacial score (nSPS) is 10.6. The highest BCUT2D eigenvalue weighted by atomic mass is 79.9. The molecule has 0 saturated carbocycles. The standard InChI is InChI=1S/C14H14BrClN2O/c1-4-12-17-11(15)7-13(18-12)19-14-8(2)5-10(16)6-9(14)3/h5-7H,4H2,1-3H3. The minimum absolute atomic E-state index is 0.534. The summed E-state index contributed by atoms with van der Waals surface area (Å²) in [5.74, 6) is 2.07. The Labute approximate surface area is 126 Å². The summed E-state index contributed by atoms with van der Waals surface area (Å²) < 4.78 is 6.60. The average molecular weight is 342 g/mol. The summed E-state index contributed by atoms with van der Waals surface area (Å²) in [6.07, 6.45) is 0.758. The van der Waals surface area contributed by atoms with Gasteiger partial charge in [-0.05, 0) is 53.0 Å². The van der Waals surface area contributed by atoms with E-state index in [9.17, 15) is 0 Å². The lowest BCUT2D eigenvalue weighted by Crippen LogP contribution is -1.98. The minimum Gasteiger partial charge on any atom is -0.438 e. The van der Waals surface area contributed by atoms with Gasteiger partial charge in [0.15, 0.2) is 0 Å². The van der Waals surface area contributed by atoms with Crippen molar-refractivity contribution >= 4 is 27.5 Å². The molecule has 0 aliphatic heterocycles. The van der Waals surface area contributed by atoms with Gasteiger partial charge in [0.1, 0.15) is 16.2 Å². The van der Waals surface area contributed by atoms with Crippen molar-refractivity contribution in [1.82, 2.24) is 9.97 Å². The Bertz CT molecular complexity index is 593. The topological polar surface area (TPSA) is 35.0 Å². The van der Waals surface area contributed by atoms with E-state index in [2.05, 4.69) is 25.9 Å². The van der Waals surface area contributed by atoms with Crippen molar-refractivity contribution in [3.05, 3.63) is 44.8 Å². The predicted molar refractivity (Wildman–Crippen MR) is 80.1 cm³/mol. The second kappa shape index (κ2) is 5.88. The lowest BCUT2D eigenvalue weighted by atomic mass is 10.1. The Balaban J connectivity index is 2.39. The van der Waals surface area contributed by atoms with Crippen molar-refractivity contribution in [3.63, 3.8) is 0 Å². The van der Waals surface area contributed by atoms with Gasteiger partial charge in [0, 0.05) is 17.5 Å². The van der Waals surface area contributed by atoms with Crippen LogP contribution in [0.1, 0.15) is 23.9 Å². The molecule has 2 rings (SSSR count). The van der Waals surface area contributed by atoms with E-state index in [1.54, 1.807) is 6.07 Å². The number of hydrogen-bond acceptors (Lipinski definition) is 3. The molecule has 100 valence electrons. The van der Waals surface area contributed by atoms with E-state index in [0.717, 1.165) is 33.7 Å². The molecule has 0 saturated heterocycles. The van der Waals surface area contributed by atoms with Crippen molar-refractivity contribution < 1.29 is 4.74 Å². The van der Waals surface area contributed by atoms with Crippen LogP contribution in [0, 0.1) is 13.8 Å². The number of halogens is 2. The van der Waals surface area contributed by atoms with E-state index < -0.39 is 0 Å². The van der Waals surface area contributed by atoms with Gasteiger partial charge in [0.2, 0.25) is 5.88 Å². The lowest BCUT2D eigenvalue weighted by molar-refractivity contribution is 0.451. The van der Waals surface area contributed by atoms with Crippen molar-refractivity contribution in [2.45, 2.75) is 27.2 Å². The van der Waals surface area contributed by atoms with Gasteiger partial charge in [-0.3, -0.25) is 0 Å². The van der Waals surface area contributed by atoms with Gasteiger partial charge in [0.25, 0.3) is 0 Å². The highest BCUT2D eigenvalue weighted by molar-refractivity contribution is 9.10. The summed E-state index contributed by atoms with van der Waals surface area (Å²) in [5, 5.41) is 0.709. The molecule has 2 aromatic rings. The Hall–Kier alpha value is -1.13. The Kier molecular flexibility index (Phi) is 4.42. The van der Waals surface area contributed by atoms with Crippen LogP contribution in [0.15, 0.2) is 22.8 Å². The fraction of sp³-hybridized carbons (Fsp3) is 0.286. The lowest BCUT2D eigenvalue weighted by Gasteiger charge is -2.12. The smallest absolute Gasteiger partial charge is 0.223 e. The van der Waals surface area contributed by atoms with Gasteiger partial charge in [-0.15, -0.1) is 0 Å². The van der Waals surface area contributed by atoms with E-state index in [0.29, 0.717) is 10.9 Å². The van der Waals surface area contributed by atoms with E-state index in [1.165, 1.54) is 0 Å². The van der Waals surface area contributed by atoms with Crippen LogP contribution in [0.4, 0.5) is 0 Å². The number of nitrogens with zero attached hydrogens (tertiary/aromatic N) is 2. The molecular formula is C14H14BrClN2O. The number of aromatic nitrogens is 2. The molecule has 1 heterocycles. The van der Waals surface area contributed by atoms with Crippen LogP contribution in [0.3, 0.4) is 0 Å². The van der Waals surface area contributed by atoms with Crippen LogP contribution >= 0.6 is 27.5 Å². The number of aryl methyl sites for hydroxylation is 3. The number of hydrogen-bond donors (Lipinski definition) is 0. The van der Waals surface area contributed by atoms with Gasteiger partial charge < -0.3 is 4.74 Å². The summed E-state index contributed by atoms with van der Waals surface area (Å²) in [5.41, 5.74) is 1.97. The molecule has 1 aromatic heterocycles. The highest BCUT2D eigenvalue weighted by Gasteiger charge is 2.09. The molecule has 3 nitrogen and oxygen atoms in total. The van der Waals surface area contributed by atoms with Gasteiger partial charge in [-0.25, -0.2) is 4.98 Å². The van der Waals surface area contributed by atoms with Crippen molar-refractivity contribution in [1.29, 1.82) is 0 Å². The second-order valence-electron chi connectivity index (χ2n) is 4.27. The fourth-order valence-corrected chi connectivity index (χ4v) is 2.54. The molecule has 0 N–H and O–H groups in total. The SMILES string of the molecule is CCc1nc(Br)cc(Oc2c(C)cc(Cl)cc2C)n1. The summed E-state index contributed by atoms with van der Waals surface area (Å²) in [7, 11) is 0. The Morgan fingerprint density at radius 1 is 1.16 bits per heavy atom. The van der Waals surface area contributed by atoms with Gasteiger partial charge in [0.05, 0.1) is 0 Å². The molecule has 5 heteroatoms. The maximum Gasteiger partial charge on any atom is 0.223 e. The predicted octanol–water partition coefficient (Wildman–Crippen LogP) is 4.86. The molecule has 0 unspecified atom stereocenters. The van der Waals surface area contributed by atoms with Gasteiger partial charge in [-0.1, -0.05) is 18.5 Å². The van der Waals surface area contributed by atoms with E-state index in [-0.39, 0.29) is 0 Å². The maximum absolute atomic E-state index is 6.01. The monoisotopic (exact) mass is 340 g/mol. The third kappa shape index (κ3) is 3.45. The molecule has 0 bridgehead atoms. The van der Waals surface area contributed by atoms with Crippen LogP contribution in [-0.4, -0.2) is 9.97 Å². The molecular weight excluding hydrogens is 328 g/mol. The first-order valence-corrected chi connectivity index (χ1v) is 7.14. The first kappa shape index (κ1) is 14.3. The van der Waals surface area contributed by atoms with Crippen molar-refractivity contribution in [3.8, 4) is 11.6 Å². The summed E-state index contributed by atoms with van der Waals surface area (Å²) in [6.45, 7) is 5.93. The minimum atomic E-state index is 0.534. The number of rotatable bonds is 3. The molecule has 0 atom stereocenters. The van der Waals surface area contributed by atoms with Crippen LogP contribution in [0.25, 0.3) is 0 Å². The molecule has 1 aromatic carbocycles. The Morgan fingerprint density at radius 2 is 1.79 bits per heavy atom. The molecule has 0 spiro atoms. The highest BCUT2D eigenvalue weighted by Crippen LogP contribution is 2.31. The molecule has 0 fully saturated rings. The molecule has 0 radical (unpaired) electrons. The molecule has 0 aliphatic carbocycles. The zero-order chi connectivity index (χ0) is 14.0. The summed E-state index contributed by atoms with van der Waals surface area (Å²) in [4.78, 5) is 8.61. The first-order valence-electron chi connectivity index (χ1n) is 5.97. The third-order valence-corrected chi connectivity index (χ3v) is 3.29. The summed E-state index contributed by atoms with van der Waals surface area (Å²) >= 11 is 9.37. The largest absolute Gasteiger partial charge is 0.438 e. The third-order valence-electron chi connectivity index (χ3n) is 2.67. The zero-order valence-electron chi connectivity index (χ0n) is 11.0. The van der Waals surface area contributed by atoms with E-state index in [4.69, 9.17) is 16.3 Å². The Morgan fingerprint density at radius 3 is 2.37 bits per heavy atom. The molecule has 0 aliphatic rings. The quantitative estimate of drug-likeness (QED) is 0.747. The fourth-order valence-electron chi connectivity index (χ4n) is 1.82. The van der Waals surface area contributed by atoms with E-state index in [1.807, 2.05) is 32.9 Å². The second-order valence-corrected chi connectivity index (χ2v) is 5.52. The average Bonchev–Trinajstić information content (AvgIpc) is 2.33. The first-order chi connectivity index (χ1) is 8.99. The molecule has 19 heavy (non-hydrogen) atoms. The van der Waals surface area contributed by atoms with Crippen LogP contribution in [0.5, 0.6) is 11.6 Å². The number of benzene rings is 1. The molecule has 0 amide bonds. The summed E-state index contributed by atoms with van der Waals surface area (Å²) in [6, 6.07) is 5.51.